The van der Waals surface area contributed by atoms with E-state index in [0.29, 0.717) is 52.5 Å². The summed E-state index contributed by atoms with van der Waals surface area (Å²) in [5, 5.41) is 11.7. The van der Waals surface area contributed by atoms with Gasteiger partial charge in [0.15, 0.2) is 11.4 Å². The van der Waals surface area contributed by atoms with Crippen LogP contribution in [0.5, 0.6) is 0 Å². The molecule has 0 aromatic carbocycles. The molecule has 493 valence electrons. The molecule has 84 heavy (non-hydrogen) atoms. The molecule has 2 unspecified atom stereocenters. The third-order valence-corrected chi connectivity index (χ3v) is 17.6. The van der Waals surface area contributed by atoms with E-state index < -0.39 is 63.5 Å². The van der Waals surface area contributed by atoms with Gasteiger partial charge in [-0.3, -0.25) is 0 Å². The molecule has 0 spiro atoms. The van der Waals surface area contributed by atoms with Crippen LogP contribution in [0.3, 0.4) is 0 Å². The quantitative estimate of drug-likeness (QED) is 0.0555. The minimum atomic E-state index is -5.08. The van der Waals surface area contributed by atoms with Crippen LogP contribution in [0.4, 0.5) is 13.2 Å². The third-order valence-electron chi connectivity index (χ3n) is 16.1. The number of carbonyl (C=O) groups excluding carboxylic acids is 2. The number of hydrogen-bond acceptors (Lipinski definition) is 21. The van der Waals surface area contributed by atoms with Crippen LogP contribution in [0.2, 0.25) is 0 Å². The maximum absolute atomic E-state index is 12.6. The van der Waals surface area contributed by atoms with Gasteiger partial charge in [0.05, 0.1) is 46.8 Å². The summed E-state index contributed by atoms with van der Waals surface area (Å²) in [5.74, 6) is -0.911. The number of hydrogen-bond donors (Lipinski definition) is 1. The monoisotopic (exact) mass is 1330 g/mol. The zero-order valence-electron chi connectivity index (χ0n) is 54.3. The van der Waals surface area contributed by atoms with Gasteiger partial charge in [-0.05, 0) is 113 Å². The minimum absolute atomic E-state index is 0.0775. The van der Waals surface area contributed by atoms with Gasteiger partial charge in [-0.2, -0.15) is 13.2 Å². The Kier molecular flexibility index (Phi) is 33.1. The van der Waals surface area contributed by atoms with Crippen molar-refractivity contribution in [2.75, 3.05) is 42.4 Å². The van der Waals surface area contributed by atoms with Crippen molar-refractivity contribution in [1.82, 2.24) is 19.8 Å². The summed E-state index contributed by atoms with van der Waals surface area (Å²) >= 11 is 3.33. The molecule has 0 radical (unpaired) electrons. The fraction of sp³-hybridized carbons (Fsp3) is 0.831. The molecule has 5 heterocycles. The van der Waals surface area contributed by atoms with E-state index in [0.717, 1.165) is 43.7 Å². The topological polar surface area (TPSA) is 221 Å². The molecule has 0 amide bonds. The van der Waals surface area contributed by atoms with Gasteiger partial charge in [-0.1, -0.05) is 80.0 Å². The van der Waals surface area contributed by atoms with Crippen molar-refractivity contribution in [2.24, 2.45) is 35.5 Å². The second-order valence-electron chi connectivity index (χ2n) is 24.5. The molecule has 1 aromatic heterocycles. The van der Waals surface area contributed by atoms with Gasteiger partial charge < -0.3 is 66.0 Å². The van der Waals surface area contributed by atoms with Crippen LogP contribution < -0.4 is 0 Å². The summed E-state index contributed by atoms with van der Waals surface area (Å²) in [5.41, 5.74) is -5.41. The molecule has 2 saturated heterocycles. The van der Waals surface area contributed by atoms with E-state index >= 15 is 0 Å². The van der Waals surface area contributed by atoms with Gasteiger partial charge in [0, 0.05) is 101 Å². The number of alkyl halides is 3. The number of thioether (sulfide) groups is 1. The maximum atomic E-state index is 12.6. The van der Waals surface area contributed by atoms with Crippen molar-refractivity contribution < 1.29 is 103 Å². The van der Waals surface area contributed by atoms with Crippen molar-refractivity contribution in [2.45, 2.75) is 245 Å². The van der Waals surface area contributed by atoms with Crippen molar-refractivity contribution in [3.05, 3.63) is 41.1 Å². The van der Waals surface area contributed by atoms with E-state index in [-0.39, 0.29) is 41.4 Å². The zero-order valence-corrected chi connectivity index (χ0v) is 57.4. The Labute approximate surface area is 518 Å². The number of aliphatic hydroxyl groups is 1. The van der Waals surface area contributed by atoms with Gasteiger partial charge >= 0.3 is 41.7 Å². The SMILES string of the molecule is CC[C@H](C)C[C@@](C)(OC)[C@H](O)[C@@H](C)C1=C(C)C(=O)OC(C)(C)O1.CC[C@H](C)C[C@@](C)(OC)[C@H](O[C@@H]1O[C@H](C)CC(N(C)C)[C@H]1C)[C@@H](C)C1=C(C)C(=O)OC(C)(C)O1.C[C@@H]1CC(N(C)C)[C@@H](C)[C@H](Sc2ncccn2)O1.O=[S-](=O)C(F)(F)F.[O]=[Ag]. The van der Waals surface area contributed by atoms with Crippen molar-refractivity contribution >= 4 is 34.4 Å². The molecule has 5 rings (SSSR count). The molecule has 4 aliphatic rings. The number of rotatable bonds is 20. The molecular weight excluding hydrogens is 1230 g/mol. The average molecular weight is 1340 g/mol. The van der Waals surface area contributed by atoms with Crippen LogP contribution >= 0.6 is 11.8 Å². The van der Waals surface area contributed by atoms with E-state index in [1.54, 1.807) is 101 Å². The van der Waals surface area contributed by atoms with Crippen molar-refractivity contribution in [1.29, 1.82) is 0 Å². The first kappa shape index (κ1) is 79.4. The Morgan fingerprint density at radius 1 is 0.726 bits per heavy atom. The fourth-order valence-corrected chi connectivity index (χ4v) is 11.9. The Balaban J connectivity index is 0.000000611. The summed E-state index contributed by atoms with van der Waals surface area (Å²) in [6, 6.07) is 2.73. The van der Waals surface area contributed by atoms with E-state index in [1.165, 1.54) is 0 Å². The number of nitrogens with zero attached hydrogens (tertiary/aromatic N) is 4. The van der Waals surface area contributed by atoms with E-state index in [1.807, 2.05) is 26.8 Å². The number of methoxy groups -OCH3 is 2. The molecule has 4 aliphatic heterocycles. The Hall–Kier alpha value is -2.59. The number of halogens is 3. The second kappa shape index (κ2) is 35.0. The van der Waals surface area contributed by atoms with E-state index in [2.05, 4.69) is 110 Å². The predicted molar refractivity (Wildman–Crippen MR) is 311 cm³/mol. The van der Waals surface area contributed by atoms with Crippen molar-refractivity contribution in [3.63, 3.8) is 0 Å². The number of cyclic esters (lactones) is 2. The molecule has 2 fully saturated rings. The Morgan fingerprint density at radius 2 is 1.12 bits per heavy atom. The van der Waals surface area contributed by atoms with Gasteiger partial charge in [-0.25, -0.2) is 19.6 Å². The molecule has 0 aliphatic carbocycles. The van der Waals surface area contributed by atoms with Crippen LogP contribution in [-0.4, -0.2) is 156 Å². The third kappa shape index (κ3) is 23.7. The van der Waals surface area contributed by atoms with Gasteiger partial charge in [0.25, 0.3) is 0 Å². The fourth-order valence-electron chi connectivity index (χ4n) is 10.8. The number of ether oxygens (including phenoxy) is 9. The molecule has 16 atom stereocenters. The standard InChI is InChI=1S/C27H49NO6.C18H32O5.C13H21N3OS.CF3O2S.Ag.O/c1-13-16(2)15-27(9,30-12)23(19(5)22-20(6)24(29)34-26(7,8)33-22)32-25-18(4)21(28(10)11)14-17(3)31-25;1-9-11(2)10-18(7,21-8)15(19)12(3)14-13(4)16(20)23-17(5,6)22-14;1-9-8-11(16(3)4)10(2)12(17-9)18-13-14-6-5-7-15-13;2-1(3,4)7(5)6;;/h16-19,21,23,25H,13-15H2,1-12H3;11-12,15,19H,9-10H2,1-8H3;5-7,9-12H,8H2,1-4H3;;;/q;;;-1;;/t16-,17+,18+,19-,21?,23+,25-,27+;11-,12-,15+,18+;9-,10-,11?,12+;;;/m001.../s1. The van der Waals surface area contributed by atoms with Crippen LogP contribution in [0.15, 0.2) is 46.3 Å². The first-order valence-corrected chi connectivity index (χ1v) is 31.3. The molecule has 0 saturated carbocycles. The normalized spacial score (nSPS) is 27.7. The first-order valence-electron chi connectivity index (χ1n) is 28.7. The second-order valence-corrected chi connectivity index (χ2v) is 26.5. The summed E-state index contributed by atoms with van der Waals surface area (Å²) in [4.78, 5) is 37.7. The average Bonchev–Trinajstić information content (AvgIpc) is 2.49. The Bertz CT molecular complexity index is 2330. The van der Waals surface area contributed by atoms with E-state index in [4.69, 9.17) is 54.3 Å². The summed E-state index contributed by atoms with van der Waals surface area (Å²) in [7, 11) is 7.91. The summed E-state index contributed by atoms with van der Waals surface area (Å²) in [6.45, 7) is 35.5. The summed E-state index contributed by atoms with van der Waals surface area (Å²) in [6.07, 6.45) is 7.93. The Morgan fingerprint density at radius 3 is 1.51 bits per heavy atom. The number of esters is 2. The van der Waals surface area contributed by atoms with E-state index in [9.17, 15) is 27.9 Å². The number of carbonyl (C=O) groups is 2. The molecule has 19 nitrogen and oxygen atoms in total. The molecule has 25 heteroatoms. The van der Waals surface area contributed by atoms with Crippen LogP contribution in [-0.2, 0) is 95.6 Å². The zero-order chi connectivity index (χ0) is 65.2. The van der Waals surface area contributed by atoms with Gasteiger partial charge in [-0.15, -0.1) is 0 Å². The van der Waals surface area contributed by atoms with Crippen molar-refractivity contribution in [3.8, 4) is 0 Å². The van der Waals surface area contributed by atoms with Crippen LogP contribution in [0.1, 0.15) is 163 Å². The first-order chi connectivity index (χ1) is 38.6. The molecular formula is C59H102AgF3N4O15S2-. The molecule has 1 aromatic rings. The predicted octanol–water partition coefficient (Wildman–Crippen LogP) is 11.5. The van der Waals surface area contributed by atoms with Gasteiger partial charge in [0.1, 0.15) is 17.0 Å². The number of aliphatic hydroxyl groups excluding tert-OH is 1. The molecule has 1 N–H and O–H groups in total. The molecule has 0 bridgehead atoms. The number of aromatic nitrogens is 2. The van der Waals surface area contributed by atoms with Crippen LogP contribution in [0.25, 0.3) is 0 Å². The van der Waals surface area contributed by atoms with Crippen LogP contribution in [0, 0.1) is 35.5 Å². The summed E-state index contributed by atoms with van der Waals surface area (Å²) < 4.78 is 111. The van der Waals surface area contributed by atoms with Gasteiger partial charge in [0.2, 0.25) is 11.6 Å².